The molecule has 0 atom stereocenters. The lowest BCUT2D eigenvalue weighted by atomic mass is 10.1. The Bertz CT molecular complexity index is 794. The third-order valence-corrected chi connectivity index (χ3v) is 4.11. The Morgan fingerprint density at radius 1 is 1.08 bits per heavy atom. The molecular formula is C19H20ClN3O. The van der Waals surface area contributed by atoms with Crippen molar-refractivity contribution in [3.05, 3.63) is 65.3 Å². The van der Waals surface area contributed by atoms with E-state index in [0.29, 0.717) is 6.54 Å². The van der Waals surface area contributed by atoms with Crippen molar-refractivity contribution in [2.45, 2.75) is 12.8 Å². The molecule has 3 rings (SSSR count). The van der Waals surface area contributed by atoms with E-state index in [0.717, 1.165) is 46.3 Å². The zero-order valence-corrected chi connectivity index (χ0v) is 14.3. The fourth-order valence-electron chi connectivity index (χ4n) is 2.58. The minimum absolute atomic E-state index is 0.658. The van der Waals surface area contributed by atoms with Crippen molar-refractivity contribution in [1.29, 1.82) is 0 Å². The van der Waals surface area contributed by atoms with Crippen molar-refractivity contribution in [3.8, 4) is 22.7 Å². The number of ether oxygens (including phenoxy) is 1. The highest BCUT2D eigenvalue weighted by molar-refractivity contribution is 6.30. The fraction of sp³-hybridized carbons (Fsp3) is 0.211. The summed E-state index contributed by atoms with van der Waals surface area (Å²) in [5, 5.41) is 5.48. The summed E-state index contributed by atoms with van der Waals surface area (Å²) < 4.78 is 7.19. The van der Waals surface area contributed by atoms with E-state index in [-0.39, 0.29) is 0 Å². The molecule has 0 radical (unpaired) electrons. The van der Waals surface area contributed by atoms with Crippen molar-refractivity contribution in [1.82, 2.24) is 9.78 Å². The maximum Gasteiger partial charge on any atom is 0.119 e. The van der Waals surface area contributed by atoms with Gasteiger partial charge in [0.05, 0.1) is 24.2 Å². The lowest BCUT2D eigenvalue weighted by Gasteiger charge is -2.08. The van der Waals surface area contributed by atoms with Gasteiger partial charge in [0.15, 0.2) is 0 Å². The summed E-state index contributed by atoms with van der Waals surface area (Å²) in [6.07, 6.45) is 1.78. The Hall–Kier alpha value is -2.30. The van der Waals surface area contributed by atoms with Crippen LogP contribution >= 0.6 is 11.6 Å². The molecule has 3 aromatic rings. The van der Waals surface area contributed by atoms with Crippen LogP contribution in [0.2, 0.25) is 5.02 Å². The second-order valence-electron chi connectivity index (χ2n) is 5.53. The summed E-state index contributed by atoms with van der Waals surface area (Å²) in [7, 11) is 1.66. The standard InChI is InChI=1S/C19H20ClN3O/c1-24-18-10-8-17(9-11-18)23-19(13-16(22-23)3-2-12-21)14-4-6-15(20)7-5-14/h4-11,13H,2-3,12,21H2,1H3. The zero-order chi connectivity index (χ0) is 16.9. The molecule has 0 saturated heterocycles. The van der Waals surface area contributed by atoms with Gasteiger partial charge in [0.1, 0.15) is 5.75 Å². The average molecular weight is 342 g/mol. The van der Waals surface area contributed by atoms with Crippen molar-refractivity contribution in [2.75, 3.05) is 13.7 Å². The highest BCUT2D eigenvalue weighted by atomic mass is 35.5. The normalized spacial score (nSPS) is 10.8. The number of benzene rings is 2. The van der Waals surface area contributed by atoms with Crippen molar-refractivity contribution < 1.29 is 4.74 Å². The Labute approximate surface area is 146 Å². The van der Waals surface area contributed by atoms with Gasteiger partial charge >= 0.3 is 0 Å². The minimum Gasteiger partial charge on any atom is -0.497 e. The molecule has 0 saturated carbocycles. The highest BCUT2D eigenvalue weighted by Crippen LogP contribution is 2.26. The number of nitrogens with zero attached hydrogens (tertiary/aromatic N) is 2. The predicted octanol–water partition coefficient (Wildman–Crippen LogP) is 4.09. The van der Waals surface area contributed by atoms with Crippen LogP contribution in [0.5, 0.6) is 5.75 Å². The third kappa shape index (κ3) is 3.61. The molecule has 2 N–H and O–H groups in total. The van der Waals surface area contributed by atoms with Gasteiger partial charge in [0, 0.05) is 10.6 Å². The summed E-state index contributed by atoms with van der Waals surface area (Å²) in [6.45, 7) is 0.658. The number of methoxy groups -OCH3 is 1. The van der Waals surface area contributed by atoms with Crippen molar-refractivity contribution in [3.63, 3.8) is 0 Å². The van der Waals surface area contributed by atoms with Crippen LogP contribution in [0.15, 0.2) is 54.6 Å². The topological polar surface area (TPSA) is 53.1 Å². The minimum atomic E-state index is 0.658. The molecule has 0 aliphatic heterocycles. The number of aromatic nitrogens is 2. The van der Waals surface area contributed by atoms with E-state index in [9.17, 15) is 0 Å². The van der Waals surface area contributed by atoms with Crippen LogP contribution in [0.1, 0.15) is 12.1 Å². The van der Waals surface area contributed by atoms with Crippen LogP contribution in [0.25, 0.3) is 16.9 Å². The van der Waals surface area contributed by atoms with Crippen LogP contribution in [-0.4, -0.2) is 23.4 Å². The molecule has 0 spiro atoms. The fourth-order valence-corrected chi connectivity index (χ4v) is 2.71. The third-order valence-electron chi connectivity index (χ3n) is 3.85. The molecule has 1 heterocycles. The molecule has 1 aromatic heterocycles. The smallest absolute Gasteiger partial charge is 0.119 e. The monoisotopic (exact) mass is 341 g/mol. The number of halogens is 1. The van der Waals surface area contributed by atoms with Gasteiger partial charge in [0.25, 0.3) is 0 Å². The first-order valence-corrected chi connectivity index (χ1v) is 8.28. The lowest BCUT2D eigenvalue weighted by molar-refractivity contribution is 0.414. The molecule has 4 nitrogen and oxygen atoms in total. The number of rotatable bonds is 6. The average Bonchev–Trinajstić information content (AvgIpc) is 3.05. The first-order chi connectivity index (χ1) is 11.7. The van der Waals surface area contributed by atoms with Crippen LogP contribution in [0.3, 0.4) is 0 Å². The lowest BCUT2D eigenvalue weighted by Crippen LogP contribution is -2.02. The van der Waals surface area contributed by atoms with Gasteiger partial charge in [-0.25, -0.2) is 4.68 Å². The summed E-state index contributed by atoms with van der Waals surface area (Å²) in [6, 6.07) is 17.8. The molecule has 124 valence electrons. The molecule has 0 aliphatic carbocycles. The maximum absolute atomic E-state index is 6.01. The first-order valence-electron chi connectivity index (χ1n) is 7.90. The molecule has 0 fully saturated rings. The van der Waals surface area contributed by atoms with Crippen LogP contribution in [0, 0.1) is 0 Å². The SMILES string of the molecule is COc1ccc(-n2nc(CCCN)cc2-c2ccc(Cl)cc2)cc1. The van der Waals surface area contributed by atoms with Crippen LogP contribution in [-0.2, 0) is 6.42 Å². The van der Waals surface area contributed by atoms with Crippen molar-refractivity contribution >= 4 is 11.6 Å². The Morgan fingerprint density at radius 2 is 1.79 bits per heavy atom. The Balaban J connectivity index is 2.04. The van der Waals surface area contributed by atoms with Crippen LogP contribution in [0.4, 0.5) is 0 Å². The molecule has 0 bridgehead atoms. The molecule has 5 heteroatoms. The van der Waals surface area contributed by atoms with E-state index in [1.165, 1.54) is 0 Å². The molecule has 2 aromatic carbocycles. The predicted molar refractivity (Wildman–Crippen MR) is 97.9 cm³/mol. The number of aryl methyl sites for hydroxylation is 1. The number of hydrogen-bond acceptors (Lipinski definition) is 3. The van der Waals surface area contributed by atoms with E-state index in [1.54, 1.807) is 7.11 Å². The highest BCUT2D eigenvalue weighted by Gasteiger charge is 2.12. The van der Waals surface area contributed by atoms with E-state index in [4.69, 9.17) is 27.2 Å². The molecule has 0 aliphatic rings. The van der Waals surface area contributed by atoms with Gasteiger partial charge in [0.2, 0.25) is 0 Å². The molecule has 0 amide bonds. The number of nitrogens with two attached hydrogens (primary N) is 1. The van der Waals surface area contributed by atoms with E-state index < -0.39 is 0 Å². The first kappa shape index (κ1) is 16.6. The molecule has 24 heavy (non-hydrogen) atoms. The molecular weight excluding hydrogens is 322 g/mol. The van der Waals surface area contributed by atoms with Gasteiger partial charge in [-0.3, -0.25) is 0 Å². The Morgan fingerprint density at radius 3 is 2.42 bits per heavy atom. The van der Waals surface area contributed by atoms with E-state index >= 15 is 0 Å². The number of hydrogen-bond donors (Lipinski definition) is 1. The summed E-state index contributed by atoms with van der Waals surface area (Å²) in [5.74, 6) is 0.822. The van der Waals surface area contributed by atoms with Crippen molar-refractivity contribution in [2.24, 2.45) is 5.73 Å². The maximum atomic E-state index is 6.01. The summed E-state index contributed by atoms with van der Waals surface area (Å²) in [5.41, 5.74) is 9.75. The largest absolute Gasteiger partial charge is 0.497 e. The second-order valence-corrected chi connectivity index (χ2v) is 5.97. The molecule has 0 unspecified atom stereocenters. The zero-order valence-electron chi connectivity index (χ0n) is 13.6. The van der Waals surface area contributed by atoms with Gasteiger partial charge in [-0.05, 0) is 61.9 Å². The van der Waals surface area contributed by atoms with Gasteiger partial charge in [-0.2, -0.15) is 5.10 Å². The van der Waals surface area contributed by atoms with Crippen LogP contribution < -0.4 is 10.5 Å². The second kappa shape index (κ2) is 7.51. The summed E-state index contributed by atoms with van der Waals surface area (Å²) in [4.78, 5) is 0. The quantitative estimate of drug-likeness (QED) is 0.734. The van der Waals surface area contributed by atoms with Gasteiger partial charge < -0.3 is 10.5 Å². The van der Waals surface area contributed by atoms with E-state index in [2.05, 4.69) is 6.07 Å². The van der Waals surface area contributed by atoms with Gasteiger partial charge in [-0.15, -0.1) is 0 Å². The summed E-state index contributed by atoms with van der Waals surface area (Å²) >= 11 is 6.01. The van der Waals surface area contributed by atoms with E-state index in [1.807, 2.05) is 53.2 Å². The Kier molecular flexibility index (Phi) is 5.18. The van der Waals surface area contributed by atoms with Gasteiger partial charge in [-0.1, -0.05) is 23.7 Å².